The van der Waals surface area contributed by atoms with Crippen molar-refractivity contribution in [1.82, 2.24) is 4.90 Å². The first kappa shape index (κ1) is 22.0. The molecule has 1 fully saturated rings. The van der Waals surface area contributed by atoms with E-state index in [0.717, 1.165) is 50.9 Å². The minimum Gasteiger partial charge on any atom is -0.465 e. The molecule has 2 unspecified atom stereocenters. The Hall–Kier alpha value is -2.24. The SMILES string of the molecule is COC(=O)c1ccc2c(c1)CCCC=C2C1C=CC(C(O)C2CN(CCCF)C2)=CC1. The van der Waals surface area contributed by atoms with Crippen LogP contribution in [0.3, 0.4) is 0 Å². The van der Waals surface area contributed by atoms with E-state index in [2.05, 4.69) is 35.3 Å². The topological polar surface area (TPSA) is 49.8 Å². The fraction of sp³-hybridized carbons (Fsp3) is 0.500. The average Bonchev–Trinajstić information content (AvgIpc) is 2.99. The molecule has 4 nitrogen and oxygen atoms in total. The van der Waals surface area contributed by atoms with Crippen LogP contribution >= 0.6 is 0 Å². The number of carbonyl (C=O) groups excluding carboxylic acids is 1. The summed E-state index contributed by atoms with van der Waals surface area (Å²) in [7, 11) is 1.41. The number of methoxy groups -OCH3 is 1. The average molecular weight is 426 g/mol. The monoisotopic (exact) mass is 425 g/mol. The molecule has 1 aromatic carbocycles. The highest BCUT2D eigenvalue weighted by Crippen LogP contribution is 2.37. The molecule has 0 bridgehead atoms. The number of allylic oxidation sites excluding steroid dienone is 4. The first-order valence-corrected chi connectivity index (χ1v) is 11.4. The number of ether oxygens (including phenoxy) is 1. The number of likely N-dealkylation sites (tertiary alicyclic amines) is 1. The van der Waals surface area contributed by atoms with Crippen LogP contribution in [0.4, 0.5) is 4.39 Å². The van der Waals surface area contributed by atoms with E-state index < -0.39 is 6.10 Å². The lowest BCUT2D eigenvalue weighted by Gasteiger charge is -2.42. The molecule has 166 valence electrons. The molecule has 1 aliphatic heterocycles. The molecule has 0 amide bonds. The van der Waals surface area contributed by atoms with E-state index in [-0.39, 0.29) is 24.5 Å². The zero-order valence-corrected chi connectivity index (χ0v) is 18.2. The molecule has 3 aliphatic rings. The van der Waals surface area contributed by atoms with Crippen molar-refractivity contribution in [3.05, 3.63) is 64.8 Å². The summed E-state index contributed by atoms with van der Waals surface area (Å²) < 4.78 is 17.2. The van der Waals surface area contributed by atoms with Gasteiger partial charge in [0, 0.05) is 31.5 Å². The van der Waals surface area contributed by atoms with Gasteiger partial charge in [0.2, 0.25) is 0 Å². The van der Waals surface area contributed by atoms with Crippen molar-refractivity contribution in [2.75, 3.05) is 33.4 Å². The molecule has 1 aromatic rings. The summed E-state index contributed by atoms with van der Waals surface area (Å²) in [6.45, 7) is 2.19. The van der Waals surface area contributed by atoms with Gasteiger partial charge in [0.1, 0.15) is 0 Å². The third-order valence-electron chi connectivity index (χ3n) is 6.76. The van der Waals surface area contributed by atoms with E-state index in [0.29, 0.717) is 12.0 Å². The van der Waals surface area contributed by atoms with Crippen LogP contribution in [0.2, 0.25) is 0 Å². The molecule has 0 spiro atoms. The van der Waals surface area contributed by atoms with Gasteiger partial charge in [0.15, 0.2) is 0 Å². The largest absolute Gasteiger partial charge is 0.465 e. The summed E-state index contributed by atoms with van der Waals surface area (Å²) in [6, 6.07) is 5.89. The van der Waals surface area contributed by atoms with E-state index in [1.807, 2.05) is 12.1 Å². The van der Waals surface area contributed by atoms with Crippen molar-refractivity contribution in [3.63, 3.8) is 0 Å². The van der Waals surface area contributed by atoms with Gasteiger partial charge in [-0.2, -0.15) is 0 Å². The van der Waals surface area contributed by atoms with Crippen LogP contribution in [0.15, 0.2) is 48.1 Å². The van der Waals surface area contributed by atoms with Gasteiger partial charge in [-0.15, -0.1) is 0 Å². The highest BCUT2D eigenvalue weighted by molar-refractivity contribution is 5.90. The maximum atomic E-state index is 12.3. The molecule has 0 radical (unpaired) electrons. The van der Waals surface area contributed by atoms with Gasteiger partial charge in [0.25, 0.3) is 0 Å². The summed E-state index contributed by atoms with van der Waals surface area (Å²) in [5.41, 5.74) is 5.35. The van der Waals surface area contributed by atoms with Gasteiger partial charge in [-0.1, -0.05) is 30.4 Å². The van der Waals surface area contributed by atoms with Crippen molar-refractivity contribution in [1.29, 1.82) is 0 Å². The number of aliphatic hydroxyl groups excluding tert-OH is 1. The normalized spacial score (nSPS) is 22.6. The molecule has 2 aliphatic carbocycles. The molecule has 2 atom stereocenters. The van der Waals surface area contributed by atoms with Crippen LogP contribution < -0.4 is 0 Å². The number of aryl methyl sites for hydroxylation is 1. The van der Waals surface area contributed by atoms with Crippen LogP contribution in [-0.2, 0) is 11.2 Å². The molecular weight excluding hydrogens is 393 g/mol. The summed E-state index contributed by atoms with van der Waals surface area (Å²) in [4.78, 5) is 14.1. The van der Waals surface area contributed by atoms with Gasteiger partial charge in [-0.3, -0.25) is 4.39 Å². The van der Waals surface area contributed by atoms with E-state index in [4.69, 9.17) is 4.74 Å². The molecule has 4 rings (SSSR count). The summed E-state index contributed by atoms with van der Waals surface area (Å²) in [5.74, 6) is 0.219. The lowest BCUT2D eigenvalue weighted by Crippen LogP contribution is -2.52. The summed E-state index contributed by atoms with van der Waals surface area (Å²) in [6.07, 6.45) is 12.8. The number of nitrogens with zero attached hydrogens (tertiary/aromatic N) is 1. The zero-order valence-electron chi connectivity index (χ0n) is 18.2. The van der Waals surface area contributed by atoms with Gasteiger partial charge in [0.05, 0.1) is 25.5 Å². The van der Waals surface area contributed by atoms with Gasteiger partial charge in [-0.05, 0) is 66.5 Å². The maximum absolute atomic E-state index is 12.3. The highest BCUT2D eigenvalue weighted by Gasteiger charge is 2.34. The second kappa shape index (κ2) is 9.92. The Morgan fingerprint density at radius 2 is 2.16 bits per heavy atom. The maximum Gasteiger partial charge on any atom is 0.337 e. The Kier molecular flexibility index (Phi) is 7.03. The van der Waals surface area contributed by atoms with Crippen LogP contribution in [0.5, 0.6) is 0 Å². The van der Waals surface area contributed by atoms with Gasteiger partial charge >= 0.3 is 5.97 Å². The van der Waals surface area contributed by atoms with Crippen LogP contribution in [0.1, 0.15) is 47.2 Å². The fourth-order valence-corrected chi connectivity index (χ4v) is 4.97. The fourth-order valence-electron chi connectivity index (χ4n) is 4.97. The molecule has 0 saturated carbocycles. The second-order valence-corrected chi connectivity index (χ2v) is 8.83. The van der Waals surface area contributed by atoms with Crippen LogP contribution in [-0.4, -0.2) is 55.5 Å². The van der Waals surface area contributed by atoms with Crippen molar-refractivity contribution in [2.45, 2.75) is 38.2 Å². The highest BCUT2D eigenvalue weighted by atomic mass is 19.1. The standard InChI is InChI=1S/C26H32FNO3/c1-31-26(30)21-11-12-24-20(15-21)5-2-3-6-23(24)18-7-9-19(10-8-18)25(29)22-16-28(17-22)14-4-13-27/h6-7,9-12,15,18,22,25,29H,2-5,8,13-14,16-17H2,1H3. The van der Waals surface area contributed by atoms with Gasteiger partial charge < -0.3 is 14.7 Å². The Morgan fingerprint density at radius 3 is 2.87 bits per heavy atom. The molecule has 5 heteroatoms. The van der Waals surface area contributed by atoms with Crippen molar-refractivity contribution in [3.8, 4) is 0 Å². The molecular formula is C26H32FNO3. The third kappa shape index (κ3) is 4.83. The third-order valence-corrected chi connectivity index (χ3v) is 6.76. The summed E-state index contributed by atoms with van der Waals surface area (Å²) in [5, 5.41) is 10.8. The number of hydrogen-bond donors (Lipinski definition) is 1. The number of rotatable bonds is 7. The predicted molar refractivity (Wildman–Crippen MR) is 121 cm³/mol. The zero-order chi connectivity index (χ0) is 21.8. The quantitative estimate of drug-likeness (QED) is 0.660. The first-order valence-electron chi connectivity index (χ1n) is 11.4. The number of fused-ring (bicyclic) bond motifs is 1. The molecule has 1 saturated heterocycles. The van der Waals surface area contributed by atoms with Crippen molar-refractivity contribution < 1.29 is 19.0 Å². The Bertz CT molecular complexity index is 898. The van der Waals surface area contributed by atoms with Crippen LogP contribution in [0, 0.1) is 11.8 Å². The predicted octanol–water partition coefficient (Wildman–Crippen LogP) is 4.35. The number of benzene rings is 1. The number of aliphatic hydroxyl groups is 1. The van der Waals surface area contributed by atoms with Crippen molar-refractivity contribution >= 4 is 11.5 Å². The number of esters is 1. The van der Waals surface area contributed by atoms with E-state index in [9.17, 15) is 14.3 Å². The second-order valence-electron chi connectivity index (χ2n) is 8.83. The molecule has 1 N–H and O–H groups in total. The Labute approximate surface area is 184 Å². The lowest BCUT2D eigenvalue weighted by molar-refractivity contribution is 0.0141. The minimum atomic E-state index is -0.447. The van der Waals surface area contributed by atoms with E-state index in [1.54, 1.807) is 0 Å². The lowest BCUT2D eigenvalue weighted by atomic mass is 9.81. The number of hydrogen-bond acceptors (Lipinski definition) is 4. The Balaban J connectivity index is 1.42. The number of carbonyl (C=O) groups is 1. The molecule has 0 aromatic heterocycles. The van der Waals surface area contributed by atoms with Gasteiger partial charge in [-0.25, -0.2) is 4.79 Å². The molecule has 1 heterocycles. The van der Waals surface area contributed by atoms with Crippen molar-refractivity contribution in [2.24, 2.45) is 11.8 Å². The van der Waals surface area contributed by atoms with E-state index in [1.165, 1.54) is 23.8 Å². The Morgan fingerprint density at radius 1 is 1.32 bits per heavy atom. The number of halogens is 1. The summed E-state index contributed by atoms with van der Waals surface area (Å²) >= 11 is 0. The molecule has 31 heavy (non-hydrogen) atoms. The van der Waals surface area contributed by atoms with Crippen LogP contribution in [0.25, 0.3) is 5.57 Å². The number of alkyl halides is 1. The smallest absolute Gasteiger partial charge is 0.337 e. The van der Waals surface area contributed by atoms with E-state index >= 15 is 0 Å². The first-order chi connectivity index (χ1) is 15.1. The minimum absolute atomic E-state index is 0.238.